The van der Waals surface area contributed by atoms with Crippen LogP contribution in [0.25, 0.3) is 0 Å². The second-order valence-electron chi connectivity index (χ2n) is 8.40. The molecule has 27 heavy (non-hydrogen) atoms. The summed E-state index contributed by atoms with van der Waals surface area (Å²) in [4.78, 5) is 4.75. The maximum atomic E-state index is 12.7. The van der Waals surface area contributed by atoms with E-state index in [1.807, 2.05) is 0 Å². The van der Waals surface area contributed by atoms with Gasteiger partial charge >= 0.3 is 6.18 Å². The first-order chi connectivity index (χ1) is 12.9. The summed E-state index contributed by atoms with van der Waals surface area (Å²) >= 11 is 0. The third kappa shape index (κ3) is 4.33. The van der Waals surface area contributed by atoms with Gasteiger partial charge in [-0.2, -0.15) is 13.2 Å². The number of hydrogen-bond donors (Lipinski definition) is 1. The fraction of sp³-hybridized carbons (Fsp3) is 0.714. The zero-order valence-electron chi connectivity index (χ0n) is 15.7. The molecule has 1 N–H and O–H groups in total. The smallest absolute Gasteiger partial charge is 0.378 e. The van der Waals surface area contributed by atoms with Crippen LogP contribution in [0, 0.1) is 5.92 Å². The zero-order valence-corrected chi connectivity index (χ0v) is 15.7. The normalized spacial score (nSPS) is 29.6. The van der Waals surface area contributed by atoms with Crippen LogP contribution in [0.1, 0.15) is 55.6 Å². The van der Waals surface area contributed by atoms with Gasteiger partial charge in [0.25, 0.3) is 0 Å². The Bertz CT molecular complexity index is 619. The molecular formula is C21H29F3N2O. The van der Waals surface area contributed by atoms with Crippen molar-refractivity contribution in [3.63, 3.8) is 0 Å². The molecule has 1 heterocycles. The Morgan fingerprint density at radius 1 is 0.926 bits per heavy atom. The Kier molecular flexibility index (Phi) is 5.50. The summed E-state index contributed by atoms with van der Waals surface area (Å²) in [5, 5.41) is 10.8. The molecule has 3 unspecified atom stereocenters. The Hall–Kier alpha value is -1.11. The van der Waals surface area contributed by atoms with Gasteiger partial charge in [0.15, 0.2) is 0 Å². The fourth-order valence-corrected chi connectivity index (χ4v) is 4.93. The van der Waals surface area contributed by atoms with Gasteiger partial charge in [-0.05, 0) is 42.9 Å². The van der Waals surface area contributed by atoms with Crippen molar-refractivity contribution < 1.29 is 18.3 Å². The van der Waals surface area contributed by atoms with Gasteiger partial charge in [-0.25, -0.2) is 0 Å². The highest BCUT2D eigenvalue weighted by molar-refractivity contribution is 5.31. The standard InChI is InChI=1S/C21H29F3N2O/c22-21(23,24)16-8-6-15(7-9-16)18-14-19(18)20(27)26-12-10-25(11-13-26)17-4-2-1-3-5-17/h6-9,17-20,27H,1-5,10-14H2. The van der Waals surface area contributed by atoms with Crippen molar-refractivity contribution in [1.82, 2.24) is 9.80 Å². The number of rotatable bonds is 4. The highest BCUT2D eigenvalue weighted by Crippen LogP contribution is 2.50. The van der Waals surface area contributed by atoms with Gasteiger partial charge in [0.05, 0.1) is 5.56 Å². The number of benzene rings is 1. The van der Waals surface area contributed by atoms with Gasteiger partial charge < -0.3 is 5.11 Å². The molecule has 1 aromatic rings. The van der Waals surface area contributed by atoms with Crippen LogP contribution in [0.3, 0.4) is 0 Å². The summed E-state index contributed by atoms with van der Waals surface area (Å²) in [5.74, 6) is 0.321. The van der Waals surface area contributed by atoms with E-state index in [1.165, 1.54) is 32.1 Å². The quantitative estimate of drug-likeness (QED) is 0.850. The molecule has 1 aromatic carbocycles. The molecule has 4 rings (SSSR count). The zero-order chi connectivity index (χ0) is 19.0. The van der Waals surface area contributed by atoms with E-state index in [2.05, 4.69) is 9.80 Å². The lowest BCUT2D eigenvalue weighted by Crippen LogP contribution is -2.54. The lowest BCUT2D eigenvalue weighted by molar-refractivity contribution is -0.137. The Morgan fingerprint density at radius 3 is 2.15 bits per heavy atom. The van der Waals surface area contributed by atoms with Gasteiger partial charge in [0, 0.05) is 38.1 Å². The minimum absolute atomic E-state index is 0.142. The average molecular weight is 382 g/mol. The largest absolute Gasteiger partial charge is 0.416 e. The van der Waals surface area contributed by atoms with Crippen molar-refractivity contribution in [2.75, 3.05) is 26.2 Å². The van der Waals surface area contributed by atoms with Crippen LogP contribution in [0.4, 0.5) is 13.2 Å². The molecule has 3 nitrogen and oxygen atoms in total. The number of nitrogens with zero attached hydrogens (tertiary/aromatic N) is 2. The number of piperazine rings is 1. The molecule has 0 bridgehead atoms. The first kappa shape index (κ1) is 19.2. The highest BCUT2D eigenvalue weighted by atomic mass is 19.4. The summed E-state index contributed by atoms with van der Waals surface area (Å²) in [5.41, 5.74) is 0.302. The van der Waals surface area contributed by atoms with Crippen LogP contribution >= 0.6 is 0 Å². The van der Waals surface area contributed by atoms with Crippen molar-refractivity contribution in [2.45, 2.75) is 62.9 Å². The van der Waals surface area contributed by atoms with Gasteiger partial charge in [-0.1, -0.05) is 31.4 Å². The van der Waals surface area contributed by atoms with Crippen molar-refractivity contribution in [3.05, 3.63) is 35.4 Å². The SMILES string of the molecule is OC(C1CC1c1ccc(C(F)(F)F)cc1)N1CCN(C2CCCCC2)CC1. The number of aliphatic hydroxyl groups excluding tert-OH is 1. The highest BCUT2D eigenvalue weighted by Gasteiger charge is 2.46. The third-order valence-corrected chi connectivity index (χ3v) is 6.70. The van der Waals surface area contributed by atoms with E-state index in [4.69, 9.17) is 0 Å². The second kappa shape index (κ2) is 7.72. The monoisotopic (exact) mass is 382 g/mol. The third-order valence-electron chi connectivity index (χ3n) is 6.70. The molecule has 1 saturated heterocycles. The average Bonchev–Trinajstić information content (AvgIpc) is 3.49. The van der Waals surface area contributed by atoms with E-state index < -0.39 is 18.0 Å². The van der Waals surface area contributed by atoms with Crippen LogP contribution in [-0.2, 0) is 6.18 Å². The van der Waals surface area contributed by atoms with E-state index in [1.54, 1.807) is 12.1 Å². The summed E-state index contributed by atoms with van der Waals surface area (Å²) in [7, 11) is 0. The molecule has 2 aliphatic carbocycles. The number of aliphatic hydroxyl groups is 1. The van der Waals surface area contributed by atoms with E-state index in [-0.39, 0.29) is 11.8 Å². The van der Waals surface area contributed by atoms with Crippen LogP contribution in [0.2, 0.25) is 0 Å². The first-order valence-electron chi connectivity index (χ1n) is 10.3. The van der Waals surface area contributed by atoms with Crippen LogP contribution in [-0.4, -0.2) is 53.4 Å². The van der Waals surface area contributed by atoms with Gasteiger partial charge in [0.1, 0.15) is 6.23 Å². The summed E-state index contributed by atoms with van der Waals surface area (Å²) in [6.07, 6.45) is 2.74. The Balaban J connectivity index is 1.28. The molecule has 3 atom stereocenters. The molecule has 3 fully saturated rings. The Morgan fingerprint density at radius 2 is 1.56 bits per heavy atom. The molecule has 1 aliphatic heterocycles. The lowest BCUT2D eigenvalue weighted by Gasteiger charge is -2.42. The van der Waals surface area contributed by atoms with E-state index in [0.717, 1.165) is 56.3 Å². The first-order valence-corrected chi connectivity index (χ1v) is 10.3. The summed E-state index contributed by atoms with van der Waals surface area (Å²) < 4.78 is 38.1. The van der Waals surface area contributed by atoms with Crippen molar-refractivity contribution in [2.24, 2.45) is 5.92 Å². The van der Waals surface area contributed by atoms with Crippen molar-refractivity contribution in [1.29, 1.82) is 0 Å². The molecule has 0 aromatic heterocycles. The van der Waals surface area contributed by atoms with Crippen molar-refractivity contribution >= 4 is 0 Å². The number of hydrogen-bond acceptors (Lipinski definition) is 3. The van der Waals surface area contributed by atoms with Crippen LogP contribution in [0.15, 0.2) is 24.3 Å². The number of alkyl halides is 3. The Labute approximate surface area is 159 Å². The molecule has 0 amide bonds. The van der Waals surface area contributed by atoms with Crippen LogP contribution < -0.4 is 0 Å². The van der Waals surface area contributed by atoms with E-state index in [0.29, 0.717) is 0 Å². The molecular weight excluding hydrogens is 353 g/mol. The lowest BCUT2D eigenvalue weighted by atomic mass is 9.94. The predicted molar refractivity (Wildman–Crippen MR) is 98.3 cm³/mol. The molecule has 150 valence electrons. The van der Waals surface area contributed by atoms with E-state index in [9.17, 15) is 18.3 Å². The number of halogens is 3. The van der Waals surface area contributed by atoms with Gasteiger partial charge in [-0.3, -0.25) is 9.80 Å². The fourth-order valence-electron chi connectivity index (χ4n) is 4.93. The topological polar surface area (TPSA) is 26.7 Å². The minimum atomic E-state index is -4.29. The van der Waals surface area contributed by atoms with Crippen LogP contribution in [0.5, 0.6) is 0 Å². The maximum absolute atomic E-state index is 12.7. The minimum Gasteiger partial charge on any atom is -0.378 e. The maximum Gasteiger partial charge on any atom is 0.416 e. The van der Waals surface area contributed by atoms with Gasteiger partial charge in [-0.15, -0.1) is 0 Å². The molecule has 0 radical (unpaired) electrons. The molecule has 2 saturated carbocycles. The second-order valence-corrected chi connectivity index (χ2v) is 8.40. The summed E-state index contributed by atoms with van der Waals surface area (Å²) in [6, 6.07) is 6.17. The molecule has 3 aliphatic rings. The predicted octanol–water partition coefficient (Wildman–Crippen LogP) is 4.08. The molecule has 0 spiro atoms. The van der Waals surface area contributed by atoms with Crippen molar-refractivity contribution in [3.8, 4) is 0 Å². The van der Waals surface area contributed by atoms with Gasteiger partial charge in [0.2, 0.25) is 0 Å². The molecule has 6 heteroatoms. The van der Waals surface area contributed by atoms with E-state index >= 15 is 0 Å². The summed E-state index contributed by atoms with van der Waals surface area (Å²) in [6.45, 7) is 3.79.